The zero-order chi connectivity index (χ0) is 14.5. The van der Waals surface area contributed by atoms with Gasteiger partial charge < -0.3 is 10.2 Å². The van der Waals surface area contributed by atoms with Crippen LogP contribution in [0.5, 0.6) is 0 Å². The summed E-state index contributed by atoms with van der Waals surface area (Å²) in [5.41, 5.74) is 1.71. The van der Waals surface area contributed by atoms with E-state index in [9.17, 15) is 4.79 Å². The van der Waals surface area contributed by atoms with Crippen LogP contribution in [0.15, 0.2) is 12.1 Å². The van der Waals surface area contributed by atoms with Gasteiger partial charge in [-0.3, -0.25) is 4.79 Å². The standard InChI is InChI=1S/C16H25N3O/c1-4-14-9-13(10-15(17-3)18-14)16(20)19(5-2)11-12-7-6-8-12/h9-10,12H,4-8,11H2,1-3H3,(H,17,18). The molecule has 4 nitrogen and oxygen atoms in total. The van der Waals surface area contributed by atoms with Crippen LogP contribution in [0.4, 0.5) is 5.82 Å². The third kappa shape index (κ3) is 3.30. The number of carbonyl (C=O) groups is 1. The van der Waals surface area contributed by atoms with Crippen molar-refractivity contribution in [2.75, 3.05) is 25.5 Å². The molecule has 1 aliphatic rings. The number of amides is 1. The third-order valence-corrected chi connectivity index (χ3v) is 4.12. The Bertz CT molecular complexity index is 447. The molecule has 0 spiro atoms. The Morgan fingerprint density at radius 2 is 2.15 bits per heavy atom. The fourth-order valence-electron chi connectivity index (χ4n) is 2.55. The van der Waals surface area contributed by atoms with E-state index in [0.29, 0.717) is 5.92 Å². The van der Waals surface area contributed by atoms with Gasteiger partial charge in [-0.1, -0.05) is 13.3 Å². The molecular formula is C16H25N3O. The highest BCUT2D eigenvalue weighted by atomic mass is 16.2. The molecule has 0 aliphatic heterocycles. The number of nitrogens with one attached hydrogen (secondary N) is 1. The second-order valence-electron chi connectivity index (χ2n) is 5.48. The molecule has 1 heterocycles. The molecule has 1 aromatic rings. The van der Waals surface area contributed by atoms with Crippen molar-refractivity contribution in [2.45, 2.75) is 39.5 Å². The molecular weight excluding hydrogens is 250 g/mol. The predicted molar refractivity (Wildman–Crippen MR) is 82.1 cm³/mol. The van der Waals surface area contributed by atoms with E-state index < -0.39 is 0 Å². The minimum atomic E-state index is 0.132. The van der Waals surface area contributed by atoms with Crippen LogP contribution >= 0.6 is 0 Å². The van der Waals surface area contributed by atoms with Gasteiger partial charge in [0.25, 0.3) is 5.91 Å². The second-order valence-corrected chi connectivity index (χ2v) is 5.48. The van der Waals surface area contributed by atoms with E-state index in [4.69, 9.17) is 0 Å². The van der Waals surface area contributed by atoms with Gasteiger partial charge in [-0.05, 0) is 44.2 Å². The Labute approximate surface area is 121 Å². The molecule has 110 valence electrons. The monoisotopic (exact) mass is 275 g/mol. The van der Waals surface area contributed by atoms with Gasteiger partial charge in [0.05, 0.1) is 0 Å². The summed E-state index contributed by atoms with van der Waals surface area (Å²) in [5, 5.41) is 3.04. The number of aryl methyl sites for hydroxylation is 1. The molecule has 2 rings (SSSR count). The second kappa shape index (κ2) is 6.73. The molecule has 1 N–H and O–H groups in total. The minimum absolute atomic E-state index is 0.132. The van der Waals surface area contributed by atoms with Gasteiger partial charge in [-0.2, -0.15) is 0 Å². The molecule has 4 heteroatoms. The first-order valence-electron chi connectivity index (χ1n) is 7.65. The number of rotatable bonds is 6. The number of nitrogens with zero attached hydrogens (tertiary/aromatic N) is 2. The van der Waals surface area contributed by atoms with Crippen LogP contribution in [-0.4, -0.2) is 35.9 Å². The summed E-state index contributed by atoms with van der Waals surface area (Å²) < 4.78 is 0. The lowest BCUT2D eigenvalue weighted by atomic mass is 9.85. The Hall–Kier alpha value is -1.58. The quantitative estimate of drug-likeness (QED) is 0.868. The largest absolute Gasteiger partial charge is 0.373 e. The number of aromatic nitrogens is 1. The average Bonchev–Trinajstić information content (AvgIpc) is 2.45. The molecule has 0 bridgehead atoms. The van der Waals surface area contributed by atoms with Crippen LogP contribution in [0, 0.1) is 5.92 Å². The maximum atomic E-state index is 12.7. The summed E-state index contributed by atoms with van der Waals surface area (Å²) in [6.07, 6.45) is 4.68. The van der Waals surface area contributed by atoms with E-state index >= 15 is 0 Å². The van der Waals surface area contributed by atoms with E-state index in [1.807, 2.05) is 24.1 Å². The van der Waals surface area contributed by atoms with Gasteiger partial charge in [-0.15, -0.1) is 0 Å². The van der Waals surface area contributed by atoms with Gasteiger partial charge in [0.2, 0.25) is 0 Å². The Morgan fingerprint density at radius 3 is 2.65 bits per heavy atom. The summed E-state index contributed by atoms with van der Waals surface area (Å²) in [4.78, 5) is 19.1. The SMILES string of the molecule is CCc1cc(C(=O)N(CC)CC2CCC2)cc(NC)n1. The normalized spacial score (nSPS) is 14.8. The van der Waals surface area contributed by atoms with Crippen LogP contribution in [0.1, 0.15) is 49.2 Å². The van der Waals surface area contributed by atoms with E-state index in [1.54, 1.807) is 0 Å². The lowest BCUT2D eigenvalue weighted by molar-refractivity contribution is 0.0706. The van der Waals surface area contributed by atoms with Crippen LogP contribution < -0.4 is 5.32 Å². The molecule has 0 aromatic carbocycles. The Kier molecular flexibility index (Phi) is 4.99. The highest BCUT2D eigenvalue weighted by Crippen LogP contribution is 2.27. The lowest BCUT2D eigenvalue weighted by Gasteiger charge is -2.32. The zero-order valence-corrected chi connectivity index (χ0v) is 12.8. The van der Waals surface area contributed by atoms with Crippen LogP contribution in [0.25, 0.3) is 0 Å². The fraction of sp³-hybridized carbons (Fsp3) is 0.625. The van der Waals surface area contributed by atoms with Gasteiger partial charge in [0.1, 0.15) is 5.82 Å². The molecule has 1 fully saturated rings. The van der Waals surface area contributed by atoms with Crippen molar-refractivity contribution in [3.05, 3.63) is 23.4 Å². The lowest BCUT2D eigenvalue weighted by Crippen LogP contribution is -2.37. The van der Waals surface area contributed by atoms with E-state index in [0.717, 1.165) is 36.6 Å². The molecule has 1 aliphatic carbocycles. The van der Waals surface area contributed by atoms with Crippen molar-refractivity contribution >= 4 is 11.7 Å². The van der Waals surface area contributed by atoms with Crippen molar-refractivity contribution in [1.82, 2.24) is 9.88 Å². The highest BCUT2D eigenvalue weighted by molar-refractivity contribution is 5.95. The molecule has 1 aromatic heterocycles. The first kappa shape index (κ1) is 14.8. The van der Waals surface area contributed by atoms with E-state index in [1.165, 1.54) is 19.3 Å². The molecule has 0 unspecified atom stereocenters. The highest BCUT2D eigenvalue weighted by Gasteiger charge is 2.23. The van der Waals surface area contributed by atoms with Crippen LogP contribution in [0.3, 0.4) is 0 Å². The van der Waals surface area contributed by atoms with Crippen molar-refractivity contribution in [1.29, 1.82) is 0 Å². The molecule has 0 atom stereocenters. The molecule has 1 saturated carbocycles. The third-order valence-electron chi connectivity index (χ3n) is 4.12. The van der Waals surface area contributed by atoms with Gasteiger partial charge in [0.15, 0.2) is 0 Å². The number of pyridine rings is 1. The summed E-state index contributed by atoms with van der Waals surface area (Å²) in [5.74, 6) is 1.61. The zero-order valence-electron chi connectivity index (χ0n) is 12.8. The summed E-state index contributed by atoms with van der Waals surface area (Å²) in [6, 6.07) is 3.78. The maximum Gasteiger partial charge on any atom is 0.254 e. The summed E-state index contributed by atoms with van der Waals surface area (Å²) in [6.45, 7) is 5.78. The number of carbonyl (C=O) groups excluding carboxylic acids is 1. The first-order chi connectivity index (χ1) is 9.67. The first-order valence-corrected chi connectivity index (χ1v) is 7.65. The average molecular weight is 275 g/mol. The number of anilines is 1. The van der Waals surface area contributed by atoms with E-state index in [-0.39, 0.29) is 5.91 Å². The van der Waals surface area contributed by atoms with Crippen molar-refractivity contribution in [3.63, 3.8) is 0 Å². The summed E-state index contributed by atoms with van der Waals surface area (Å²) in [7, 11) is 1.84. The Morgan fingerprint density at radius 1 is 1.40 bits per heavy atom. The molecule has 1 amide bonds. The van der Waals surface area contributed by atoms with Crippen LogP contribution in [0.2, 0.25) is 0 Å². The van der Waals surface area contributed by atoms with Gasteiger partial charge in [0, 0.05) is 31.4 Å². The maximum absolute atomic E-state index is 12.7. The smallest absolute Gasteiger partial charge is 0.254 e. The minimum Gasteiger partial charge on any atom is -0.373 e. The Balaban J connectivity index is 2.16. The van der Waals surface area contributed by atoms with Crippen molar-refractivity contribution in [2.24, 2.45) is 5.92 Å². The number of hydrogen-bond acceptors (Lipinski definition) is 3. The molecule has 20 heavy (non-hydrogen) atoms. The predicted octanol–water partition coefficient (Wildman–Crippen LogP) is 2.95. The summed E-state index contributed by atoms with van der Waals surface area (Å²) >= 11 is 0. The van der Waals surface area contributed by atoms with Crippen LogP contribution in [-0.2, 0) is 6.42 Å². The topological polar surface area (TPSA) is 45.2 Å². The van der Waals surface area contributed by atoms with Gasteiger partial charge >= 0.3 is 0 Å². The number of hydrogen-bond donors (Lipinski definition) is 1. The van der Waals surface area contributed by atoms with Crippen molar-refractivity contribution in [3.8, 4) is 0 Å². The van der Waals surface area contributed by atoms with E-state index in [2.05, 4.69) is 24.1 Å². The van der Waals surface area contributed by atoms with Gasteiger partial charge in [-0.25, -0.2) is 4.98 Å². The fourth-order valence-corrected chi connectivity index (χ4v) is 2.55. The molecule has 0 saturated heterocycles. The van der Waals surface area contributed by atoms with Crippen molar-refractivity contribution < 1.29 is 4.79 Å². The molecule has 0 radical (unpaired) electrons.